The van der Waals surface area contributed by atoms with Crippen molar-refractivity contribution in [3.05, 3.63) is 0 Å². The Morgan fingerprint density at radius 1 is 1.15 bits per heavy atom. The summed E-state index contributed by atoms with van der Waals surface area (Å²) in [4.78, 5) is 11.8. The van der Waals surface area contributed by atoms with E-state index in [0.717, 1.165) is 0 Å². The SMILES string of the molecule is CCN(CC)CC.O=C(O)CCO. The van der Waals surface area contributed by atoms with Gasteiger partial charge in [0, 0.05) is 0 Å². The van der Waals surface area contributed by atoms with Crippen LogP contribution in [0.3, 0.4) is 0 Å². The number of aliphatic hydroxyl groups excluding tert-OH is 1. The fraction of sp³-hybridized carbons (Fsp3) is 0.889. The third-order valence-corrected chi connectivity index (χ3v) is 1.67. The monoisotopic (exact) mass is 191 g/mol. The Bertz CT molecular complexity index is 108. The van der Waals surface area contributed by atoms with Gasteiger partial charge in [0.05, 0.1) is 13.0 Å². The van der Waals surface area contributed by atoms with Crippen molar-refractivity contribution in [3.63, 3.8) is 0 Å². The molecule has 0 aliphatic carbocycles. The highest BCUT2D eigenvalue weighted by atomic mass is 16.4. The number of aliphatic carboxylic acids is 1. The second-order valence-electron chi connectivity index (χ2n) is 2.49. The van der Waals surface area contributed by atoms with E-state index < -0.39 is 5.97 Å². The maximum absolute atomic E-state index is 9.44. The Morgan fingerprint density at radius 2 is 1.54 bits per heavy atom. The molecule has 80 valence electrons. The van der Waals surface area contributed by atoms with Crippen molar-refractivity contribution in [2.24, 2.45) is 0 Å². The van der Waals surface area contributed by atoms with Crippen LogP contribution in [0.25, 0.3) is 0 Å². The molecule has 13 heavy (non-hydrogen) atoms. The van der Waals surface area contributed by atoms with Crippen LogP contribution < -0.4 is 0 Å². The zero-order chi connectivity index (χ0) is 10.7. The average molecular weight is 191 g/mol. The van der Waals surface area contributed by atoms with Gasteiger partial charge >= 0.3 is 5.97 Å². The molecule has 4 nitrogen and oxygen atoms in total. The van der Waals surface area contributed by atoms with Crippen molar-refractivity contribution in [3.8, 4) is 0 Å². The van der Waals surface area contributed by atoms with Crippen LogP contribution in [0.2, 0.25) is 0 Å². The number of hydrogen-bond acceptors (Lipinski definition) is 3. The minimum Gasteiger partial charge on any atom is -0.481 e. The molecule has 0 aliphatic rings. The first kappa shape index (κ1) is 14.9. The van der Waals surface area contributed by atoms with Gasteiger partial charge in [0.15, 0.2) is 0 Å². The summed E-state index contributed by atoms with van der Waals surface area (Å²) < 4.78 is 0. The summed E-state index contributed by atoms with van der Waals surface area (Å²) in [5.41, 5.74) is 0. The van der Waals surface area contributed by atoms with Crippen LogP contribution in [-0.2, 0) is 4.79 Å². The average Bonchev–Trinajstić information content (AvgIpc) is 2.08. The lowest BCUT2D eigenvalue weighted by Gasteiger charge is -2.13. The van der Waals surface area contributed by atoms with Gasteiger partial charge in [-0.05, 0) is 19.6 Å². The normalized spacial score (nSPS) is 9.31. The maximum atomic E-state index is 9.44. The molecule has 0 saturated heterocycles. The van der Waals surface area contributed by atoms with Gasteiger partial charge in [-0.25, -0.2) is 0 Å². The van der Waals surface area contributed by atoms with Crippen molar-refractivity contribution in [2.45, 2.75) is 27.2 Å². The van der Waals surface area contributed by atoms with E-state index in [0.29, 0.717) is 0 Å². The third-order valence-electron chi connectivity index (χ3n) is 1.67. The van der Waals surface area contributed by atoms with Crippen molar-refractivity contribution in [2.75, 3.05) is 26.2 Å². The Hall–Kier alpha value is -0.610. The first-order valence-electron chi connectivity index (χ1n) is 4.67. The fourth-order valence-corrected chi connectivity index (χ4v) is 0.766. The summed E-state index contributed by atoms with van der Waals surface area (Å²) in [6.07, 6.45) is -0.153. The Balaban J connectivity index is 0. The maximum Gasteiger partial charge on any atom is 0.305 e. The van der Waals surface area contributed by atoms with Gasteiger partial charge in [-0.3, -0.25) is 4.79 Å². The second kappa shape index (κ2) is 11.4. The highest BCUT2D eigenvalue weighted by Gasteiger charge is 1.89. The molecule has 0 heterocycles. The van der Waals surface area contributed by atoms with Crippen molar-refractivity contribution in [1.29, 1.82) is 0 Å². The quantitative estimate of drug-likeness (QED) is 0.675. The van der Waals surface area contributed by atoms with Gasteiger partial charge in [-0.1, -0.05) is 20.8 Å². The number of nitrogens with zero attached hydrogens (tertiary/aromatic N) is 1. The zero-order valence-electron chi connectivity index (χ0n) is 8.79. The van der Waals surface area contributed by atoms with Gasteiger partial charge in [0.2, 0.25) is 0 Å². The molecular formula is C9H21NO3. The Labute approximate surface area is 80.2 Å². The summed E-state index contributed by atoms with van der Waals surface area (Å²) >= 11 is 0. The highest BCUT2D eigenvalue weighted by molar-refractivity contribution is 5.66. The molecule has 0 saturated carbocycles. The third kappa shape index (κ3) is 14.3. The van der Waals surface area contributed by atoms with E-state index in [-0.39, 0.29) is 13.0 Å². The Morgan fingerprint density at radius 3 is 1.54 bits per heavy atom. The lowest BCUT2D eigenvalue weighted by Crippen LogP contribution is -2.21. The first-order valence-corrected chi connectivity index (χ1v) is 4.67. The predicted molar refractivity (Wildman–Crippen MR) is 52.8 cm³/mol. The number of carbonyl (C=O) groups is 1. The van der Waals surface area contributed by atoms with Gasteiger partial charge in [-0.15, -0.1) is 0 Å². The molecule has 0 amide bonds. The highest BCUT2D eigenvalue weighted by Crippen LogP contribution is 1.81. The molecular weight excluding hydrogens is 170 g/mol. The van der Waals surface area contributed by atoms with Crippen molar-refractivity contribution >= 4 is 5.97 Å². The summed E-state index contributed by atoms with van der Waals surface area (Å²) in [5, 5.41) is 15.6. The smallest absolute Gasteiger partial charge is 0.305 e. The number of hydrogen-bond donors (Lipinski definition) is 2. The second-order valence-corrected chi connectivity index (χ2v) is 2.49. The van der Waals surface area contributed by atoms with E-state index in [1.165, 1.54) is 19.6 Å². The van der Waals surface area contributed by atoms with E-state index in [4.69, 9.17) is 10.2 Å². The van der Waals surface area contributed by atoms with Gasteiger partial charge < -0.3 is 15.1 Å². The minimum absolute atomic E-state index is 0.153. The molecule has 0 rings (SSSR count). The molecule has 0 bridgehead atoms. The molecule has 0 radical (unpaired) electrons. The largest absolute Gasteiger partial charge is 0.481 e. The van der Waals surface area contributed by atoms with Gasteiger partial charge in [0.1, 0.15) is 0 Å². The molecule has 0 aromatic heterocycles. The summed E-state index contributed by atoms with van der Waals surface area (Å²) in [5.74, 6) is -0.961. The molecule has 0 fully saturated rings. The van der Waals surface area contributed by atoms with Crippen molar-refractivity contribution in [1.82, 2.24) is 4.90 Å². The molecule has 2 N–H and O–H groups in total. The van der Waals surface area contributed by atoms with E-state index in [1.54, 1.807) is 0 Å². The van der Waals surface area contributed by atoms with E-state index in [1.807, 2.05) is 0 Å². The van der Waals surface area contributed by atoms with E-state index >= 15 is 0 Å². The molecule has 0 aliphatic heterocycles. The number of carboxylic acids is 1. The van der Waals surface area contributed by atoms with Crippen molar-refractivity contribution < 1.29 is 15.0 Å². The molecule has 4 heteroatoms. The minimum atomic E-state index is -0.961. The number of rotatable bonds is 5. The summed E-state index contributed by atoms with van der Waals surface area (Å²) in [6.45, 7) is 9.86. The first-order chi connectivity index (χ1) is 6.12. The molecule has 0 aromatic rings. The topological polar surface area (TPSA) is 60.8 Å². The zero-order valence-corrected chi connectivity index (χ0v) is 8.79. The lowest BCUT2D eigenvalue weighted by molar-refractivity contribution is -0.137. The predicted octanol–water partition coefficient (Wildman–Crippen LogP) is 0.802. The van der Waals surface area contributed by atoms with E-state index in [9.17, 15) is 4.79 Å². The van der Waals surface area contributed by atoms with Crippen LogP contribution in [0.1, 0.15) is 27.2 Å². The molecule has 0 atom stereocenters. The lowest BCUT2D eigenvalue weighted by atomic mass is 10.5. The van der Waals surface area contributed by atoms with Crippen LogP contribution in [0, 0.1) is 0 Å². The van der Waals surface area contributed by atoms with Gasteiger partial charge in [-0.2, -0.15) is 0 Å². The molecule has 0 spiro atoms. The van der Waals surface area contributed by atoms with Gasteiger partial charge in [0.25, 0.3) is 0 Å². The fourth-order valence-electron chi connectivity index (χ4n) is 0.766. The Kier molecular flexibility index (Phi) is 13.0. The van der Waals surface area contributed by atoms with Crippen LogP contribution in [0.4, 0.5) is 0 Å². The number of aliphatic hydroxyl groups is 1. The number of carboxylic acid groups (broad SMARTS) is 1. The van der Waals surface area contributed by atoms with E-state index in [2.05, 4.69) is 25.7 Å². The van der Waals surface area contributed by atoms with Crippen LogP contribution in [-0.4, -0.2) is 47.3 Å². The van der Waals surface area contributed by atoms with Crippen LogP contribution >= 0.6 is 0 Å². The summed E-state index contributed by atoms with van der Waals surface area (Å²) in [7, 11) is 0. The molecule has 0 aromatic carbocycles. The standard InChI is InChI=1S/C6H15N.C3H6O3/c1-4-7(5-2)6-3;4-2-1-3(5)6/h4-6H2,1-3H3;4H,1-2H2,(H,5,6). The van der Waals surface area contributed by atoms with Crippen LogP contribution in [0.15, 0.2) is 0 Å². The molecule has 0 unspecified atom stereocenters. The summed E-state index contributed by atoms with van der Waals surface area (Å²) in [6, 6.07) is 0. The van der Waals surface area contributed by atoms with Crippen LogP contribution in [0.5, 0.6) is 0 Å².